The first-order valence-corrected chi connectivity index (χ1v) is 8.53. The molecule has 0 atom stereocenters. The van der Waals surface area contributed by atoms with Gasteiger partial charge >= 0.3 is 11.8 Å². The van der Waals surface area contributed by atoms with Crippen LogP contribution in [0.3, 0.4) is 0 Å². The van der Waals surface area contributed by atoms with E-state index < -0.39 is 11.8 Å². The normalized spacial score (nSPS) is 10.8. The van der Waals surface area contributed by atoms with Crippen molar-refractivity contribution in [2.24, 2.45) is 11.0 Å². The molecule has 0 radical (unpaired) electrons. The molecular weight excluding hydrogens is 349 g/mol. The number of amides is 2. The molecule has 0 saturated heterocycles. The Morgan fingerprint density at radius 1 is 1.11 bits per heavy atom. The lowest BCUT2D eigenvalue weighted by atomic mass is 10.2. The third-order valence-electron chi connectivity index (χ3n) is 3.49. The van der Waals surface area contributed by atoms with Crippen molar-refractivity contribution in [1.29, 1.82) is 0 Å². The summed E-state index contributed by atoms with van der Waals surface area (Å²) in [6.45, 7) is 4.41. The maximum atomic E-state index is 13.5. The summed E-state index contributed by atoms with van der Waals surface area (Å²) in [6, 6.07) is 13.3. The molecule has 0 aliphatic heterocycles. The lowest BCUT2D eigenvalue weighted by Crippen LogP contribution is -2.39. The number of carbonyl (C=O) groups is 2. The fourth-order valence-electron chi connectivity index (χ4n) is 2.02. The topological polar surface area (TPSA) is 79.8 Å². The molecule has 6 nitrogen and oxygen atoms in total. The fourth-order valence-corrected chi connectivity index (χ4v) is 2.02. The van der Waals surface area contributed by atoms with Gasteiger partial charge in [-0.1, -0.05) is 32.0 Å². The number of hydrogen-bond donors (Lipinski definition) is 2. The summed E-state index contributed by atoms with van der Waals surface area (Å²) in [4.78, 5) is 23.1. The quantitative estimate of drug-likeness (QED) is 0.446. The zero-order chi connectivity index (χ0) is 19.6. The van der Waals surface area contributed by atoms with E-state index in [1.54, 1.807) is 42.5 Å². The van der Waals surface area contributed by atoms with E-state index in [1.165, 1.54) is 12.3 Å². The van der Waals surface area contributed by atoms with E-state index in [9.17, 15) is 14.0 Å². The van der Waals surface area contributed by atoms with Gasteiger partial charge in [0.15, 0.2) is 0 Å². The van der Waals surface area contributed by atoms with Crippen LogP contribution in [0.5, 0.6) is 5.75 Å². The Morgan fingerprint density at radius 3 is 2.48 bits per heavy atom. The first kappa shape index (κ1) is 20.1. The molecule has 0 spiro atoms. The monoisotopic (exact) mass is 371 g/mol. The number of halogens is 1. The minimum Gasteiger partial charge on any atom is -0.489 e. The fraction of sp³-hybridized carbons (Fsp3) is 0.250. The maximum Gasteiger partial charge on any atom is 0.329 e. The summed E-state index contributed by atoms with van der Waals surface area (Å²) in [5.41, 5.74) is 3.35. The lowest BCUT2D eigenvalue weighted by Gasteiger charge is -2.07. The van der Waals surface area contributed by atoms with Crippen LogP contribution < -0.4 is 15.5 Å². The Labute approximate surface area is 157 Å². The second kappa shape index (κ2) is 10.1. The number of carbonyl (C=O) groups excluding carboxylic acids is 2. The summed E-state index contributed by atoms with van der Waals surface area (Å²) in [6.07, 6.45) is 1.41. The Kier molecular flexibility index (Phi) is 7.49. The number of benzene rings is 2. The van der Waals surface area contributed by atoms with E-state index >= 15 is 0 Å². The third kappa shape index (κ3) is 6.89. The number of rotatable bonds is 7. The van der Waals surface area contributed by atoms with Crippen LogP contribution in [-0.2, 0) is 16.2 Å². The van der Waals surface area contributed by atoms with Gasteiger partial charge in [-0.05, 0) is 41.8 Å². The van der Waals surface area contributed by atoms with Gasteiger partial charge in [0.25, 0.3) is 0 Å². The average Bonchev–Trinajstić information content (AvgIpc) is 2.66. The summed E-state index contributed by atoms with van der Waals surface area (Å²) in [5.74, 6) is -1.03. The van der Waals surface area contributed by atoms with Gasteiger partial charge in [-0.15, -0.1) is 0 Å². The highest BCUT2D eigenvalue weighted by Crippen LogP contribution is 2.15. The van der Waals surface area contributed by atoms with Crippen molar-refractivity contribution in [3.8, 4) is 5.75 Å². The molecule has 0 aliphatic rings. The van der Waals surface area contributed by atoms with Crippen LogP contribution in [0.25, 0.3) is 0 Å². The minimum atomic E-state index is -0.822. The minimum absolute atomic E-state index is 0.127. The van der Waals surface area contributed by atoms with E-state index in [1.807, 2.05) is 13.8 Å². The van der Waals surface area contributed by atoms with Gasteiger partial charge in [-0.3, -0.25) is 9.59 Å². The predicted molar refractivity (Wildman–Crippen MR) is 101 cm³/mol. The van der Waals surface area contributed by atoms with Crippen LogP contribution in [-0.4, -0.2) is 24.6 Å². The standard InChI is InChI=1S/C20H22FN3O3/c1-14(2)11-22-19(25)20(26)24-23-12-15-7-9-17(10-8-15)27-13-16-5-3-4-6-18(16)21/h3-10,12,14H,11,13H2,1-2H3,(H,22,25)(H,24,26)/b23-12-. The zero-order valence-corrected chi connectivity index (χ0v) is 15.2. The second-order valence-electron chi connectivity index (χ2n) is 6.25. The van der Waals surface area contributed by atoms with Crippen molar-refractivity contribution in [2.75, 3.05) is 6.54 Å². The predicted octanol–water partition coefficient (Wildman–Crippen LogP) is 2.63. The van der Waals surface area contributed by atoms with E-state index in [-0.39, 0.29) is 18.3 Å². The number of hydrogen-bond acceptors (Lipinski definition) is 4. The Bertz CT molecular complexity index is 804. The Balaban J connectivity index is 1.81. The van der Waals surface area contributed by atoms with E-state index in [0.717, 1.165) is 0 Å². The van der Waals surface area contributed by atoms with Gasteiger partial charge in [0.1, 0.15) is 18.2 Å². The molecule has 2 aromatic rings. The average molecular weight is 371 g/mol. The van der Waals surface area contributed by atoms with Gasteiger partial charge in [0.05, 0.1) is 6.21 Å². The molecule has 2 amide bonds. The van der Waals surface area contributed by atoms with E-state index in [0.29, 0.717) is 23.4 Å². The lowest BCUT2D eigenvalue weighted by molar-refractivity contribution is -0.139. The van der Waals surface area contributed by atoms with Crippen LogP contribution in [0, 0.1) is 11.7 Å². The molecule has 7 heteroatoms. The van der Waals surface area contributed by atoms with Gasteiger partial charge in [-0.2, -0.15) is 5.10 Å². The summed E-state index contributed by atoms with van der Waals surface area (Å²) >= 11 is 0. The first-order chi connectivity index (χ1) is 13.0. The highest BCUT2D eigenvalue weighted by Gasteiger charge is 2.12. The van der Waals surface area contributed by atoms with Crippen LogP contribution in [0.2, 0.25) is 0 Å². The van der Waals surface area contributed by atoms with Crippen molar-refractivity contribution in [3.05, 3.63) is 65.5 Å². The molecular formula is C20H22FN3O3. The molecule has 0 heterocycles. The molecule has 27 heavy (non-hydrogen) atoms. The molecule has 0 aliphatic carbocycles. The highest BCUT2D eigenvalue weighted by atomic mass is 19.1. The highest BCUT2D eigenvalue weighted by molar-refractivity contribution is 6.35. The molecule has 0 aromatic heterocycles. The van der Waals surface area contributed by atoms with Gasteiger partial charge in [-0.25, -0.2) is 9.82 Å². The van der Waals surface area contributed by atoms with Crippen molar-refractivity contribution in [2.45, 2.75) is 20.5 Å². The summed E-state index contributed by atoms with van der Waals surface area (Å²) in [5, 5.41) is 6.25. The van der Waals surface area contributed by atoms with Crippen molar-refractivity contribution < 1.29 is 18.7 Å². The van der Waals surface area contributed by atoms with E-state index in [4.69, 9.17) is 4.74 Å². The van der Waals surface area contributed by atoms with Crippen LogP contribution >= 0.6 is 0 Å². The molecule has 2 rings (SSSR count). The zero-order valence-electron chi connectivity index (χ0n) is 15.2. The van der Waals surface area contributed by atoms with Crippen LogP contribution in [0.15, 0.2) is 53.6 Å². The second-order valence-corrected chi connectivity index (χ2v) is 6.25. The SMILES string of the molecule is CC(C)CNC(=O)C(=O)N/N=C\c1ccc(OCc2ccccc2F)cc1. The first-order valence-electron chi connectivity index (χ1n) is 8.53. The molecule has 2 aromatic carbocycles. The molecule has 0 unspecified atom stereocenters. The summed E-state index contributed by atoms with van der Waals surface area (Å²) < 4.78 is 19.1. The molecule has 0 fully saturated rings. The van der Waals surface area contributed by atoms with Crippen LogP contribution in [0.4, 0.5) is 4.39 Å². The number of ether oxygens (including phenoxy) is 1. The number of hydrazone groups is 1. The van der Waals surface area contributed by atoms with Crippen molar-refractivity contribution in [3.63, 3.8) is 0 Å². The summed E-state index contributed by atoms with van der Waals surface area (Å²) in [7, 11) is 0. The number of nitrogens with one attached hydrogen (secondary N) is 2. The molecule has 2 N–H and O–H groups in total. The Morgan fingerprint density at radius 2 is 1.81 bits per heavy atom. The molecule has 0 saturated carbocycles. The number of nitrogens with zero attached hydrogens (tertiary/aromatic N) is 1. The van der Waals surface area contributed by atoms with Gasteiger partial charge in [0, 0.05) is 12.1 Å². The Hall–Kier alpha value is -3.22. The molecule has 0 bridgehead atoms. The van der Waals surface area contributed by atoms with Crippen molar-refractivity contribution in [1.82, 2.24) is 10.7 Å². The largest absolute Gasteiger partial charge is 0.489 e. The maximum absolute atomic E-state index is 13.5. The van der Waals surface area contributed by atoms with Crippen LogP contribution in [0.1, 0.15) is 25.0 Å². The van der Waals surface area contributed by atoms with Gasteiger partial charge in [0.2, 0.25) is 0 Å². The third-order valence-corrected chi connectivity index (χ3v) is 3.49. The molecule has 142 valence electrons. The smallest absolute Gasteiger partial charge is 0.329 e. The van der Waals surface area contributed by atoms with Crippen molar-refractivity contribution >= 4 is 18.0 Å². The van der Waals surface area contributed by atoms with Gasteiger partial charge < -0.3 is 10.1 Å². The van der Waals surface area contributed by atoms with E-state index in [2.05, 4.69) is 15.8 Å².